The lowest BCUT2D eigenvalue weighted by Gasteiger charge is -2.35. The molecule has 0 aliphatic carbocycles. The van der Waals surface area contributed by atoms with Gasteiger partial charge in [-0.05, 0) is 44.1 Å². The van der Waals surface area contributed by atoms with Gasteiger partial charge >= 0.3 is 0 Å². The predicted octanol–water partition coefficient (Wildman–Crippen LogP) is 2.01. The molecule has 2 bridgehead atoms. The predicted molar refractivity (Wildman–Crippen MR) is 70.9 cm³/mol. The first kappa shape index (κ1) is 11.2. The molecular weight excluding hydrogens is 208 g/mol. The van der Waals surface area contributed by atoms with Crippen molar-refractivity contribution in [2.45, 2.75) is 50.7 Å². The van der Waals surface area contributed by atoms with Gasteiger partial charge in [0.05, 0.1) is 0 Å². The fraction of sp³-hybridized carbons (Fsp3) is 0.600. The third-order valence-corrected chi connectivity index (χ3v) is 4.45. The molecule has 3 rings (SSSR count). The summed E-state index contributed by atoms with van der Waals surface area (Å²) < 4.78 is 0. The van der Waals surface area contributed by atoms with Gasteiger partial charge in [-0.25, -0.2) is 0 Å². The van der Waals surface area contributed by atoms with Crippen molar-refractivity contribution in [2.24, 2.45) is 11.7 Å². The van der Waals surface area contributed by atoms with E-state index in [-0.39, 0.29) is 0 Å². The number of nitrogens with one attached hydrogen (secondary N) is 1. The molecule has 0 radical (unpaired) electrons. The highest BCUT2D eigenvalue weighted by Crippen LogP contribution is 2.32. The average molecular weight is 230 g/mol. The monoisotopic (exact) mass is 230 g/mol. The SMILES string of the molecule is Cc1cccc(CC2C(N)CC3CCC2N3)c1. The van der Waals surface area contributed by atoms with Gasteiger partial charge in [-0.3, -0.25) is 0 Å². The summed E-state index contributed by atoms with van der Waals surface area (Å²) in [4.78, 5) is 0. The van der Waals surface area contributed by atoms with Gasteiger partial charge in [-0.2, -0.15) is 0 Å². The maximum absolute atomic E-state index is 6.35. The van der Waals surface area contributed by atoms with Gasteiger partial charge in [0.1, 0.15) is 0 Å². The van der Waals surface area contributed by atoms with Crippen LogP contribution in [0.1, 0.15) is 30.4 Å². The maximum atomic E-state index is 6.35. The van der Waals surface area contributed by atoms with Gasteiger partial charge in [-0.1, -0.05) is 29.8 Å². The van der Waals surface area contributed by atoms with Crippen LogP contribution in [0.5, 0.6) is 0 Å². The summed E-state index contributed by atoms with van der Waals surface area (Å²) in [5.41, 5.74) is 9.14. The number of piperidine rings is 1. The van der Waals surface area contributed by atoms with E-state index in [1.54, 1.807) is 0 Å². The molecule has 17 heavy (non-hydrogen) atoms. The summed E-state index contributed by atoms with van der Waals surface area (Å²) >= 11 is 0. The van der Waals surface area contributed by atoms with Crippen LogP contribution in [0.3, 0.4) is 0 Å². The van der Waals surface area contributed by atoms with E-state index in [4.69, 9.17) is 5.73 Å². The number of benzene rings is 1. The summed E-state index contributed by atoms with van der Waals surface area (Å²) in [7, 11) is 0. The minimum absolute atomic E-state index is 0.384. The Morgan fingerprint density at radius 1 is 1.35 bits per heavy atom. The molecule has 0 spiro atoms. The molecule has 2 nitrogen and oxygen atoms in total. The number of rotatable bonds is 2. The van der Waals surface area contributed by atoms with E-state index in [2.05, 4.69) is 36.5 Å². The molecule has 4 atom stereocenters. The van der Waals surface area contributed by atoms with E-state index in [9.17, 15) is 0 Å². The Hall–Kier alpha value is -0.860. The van der Waals surface area contributed by atoms with Crippen molar-refractivity contribution in [1.82, 2.24) is 5.32 Å². The highest BCUT2D eigenvalue weighted by atomic mass is 15.0. The van der Waals surface area contributed by atoms with Crippen molar-refractivity contribution in [1.29, 1.82) is 0 Å². The Balaban J connectivity index is 1.75. The molecule has 0 saturated carbocycles. The standard InChI is InChI=1S/C15H22N2/c1-10-3-2-4-11(7-10)8-13-14(16)9-12-5-6-15(13)17-12/h2-4,7,12-15,17H,5-6,8-9,16H2,1H3. The first-order valence-corrected chi connectivity index (χ1v) is 6.79. The van der Waals surface area contributed by atoms with Crippen molar-refractivity contribution in [3.05, 3.63) is 35.4 Å². The first-order chi connectivity index (χ1) is 8.22. The zero-order chi connectivity index (χ0) is 11.8. The summed E-state index contributed by atoms with van der Waals surface area (Å²) in [6, 6.07) is 10.6. The second-order valence-electron chi connectivity index (χ2n) is 5.80. The Morgan fingerprint density at radius 3 is 3.06 bits per heavy atom. The van der Waals surface area contributed by atoms with E-state index in [1.807, 2.05) is 0 Å². The van der Waals surface area contributed by atoms with E-state index < -0.39 is 0 Å². The second kappa shape index (κ2) is 4.43. The van der Waals surface area contributed by atoms with E-state index in [1.165, 1.54) is 24.0 Å². The first-order valence-electron chi connectivity index (χ1n) is 6.79. The van der Waals surface area contributed by atoms with Crippen LogP contribution in [0.2, 0.25) is 0 Å². The average Bonchev–Trinajstić information content (AvgIpc) is 2.68. The smallest absolute Gasteiger partial charge is 0.0116 e. The normalized spacial score (nSPS) is 36.1. The molecule has 3 N–H and O–H groups in total. The van der Waals surface area contributed by atoms with Gasteiger partial charge in [-0.15, -0.1) is 0 Å². The van der Waals surface area contributed by atoms with Crippen LogP contribution in [-0.4, -0.2) is 18.1 Å². The van der Waals surface area contributed by atoms with Gasteiger partial charge in [0.25, 0.3) is 0 Å². The minimum Gasteiger partial charge on any atom is -0.327 e. The highest BCUT2D eigenvalue weighted by molar-refractivity contribution is 5.23. The van der Waals surface area contributed by atoms with E-state index in [0.29, 0.717) is 24.0 Å². The lowest BCUT2D eigenvalue weighted by Crippen LogP contribution is -2.52. The van der Waals surface area contributed by atoms with Crippen LogP contribution in [-0.2, 0) is 6.42 Å². The number of aryl methyl sites for hydroxylation is 1. The molecule has 2 fully saturated rings. The zero-order valence-corrected chi connectivity index (χ0v) is 10.5. The fourth-order valence-corrected chi connectivity index (χ4v) is 3.58. The largest absolute Gasteiger partial charge is 0.327 e. The van der Waals surface area contributed by atoms with Gasteiger partial charge < -0.3 is 11.1 Å². The molecule has 0 aromatic heterocycles. The Kier molecular flexibility index (Phi) is 2.93. The highest BCUT2D eigenvalue weighted by Gasteiger charge is 2.39. The quantitative estimate of drug-likeness (QED) is 0.815. The third-order valence-electron chi connectivity index (χ3n) is 4.45. The lowest BCUT2D eigenvalue weighted by atomic mass is 9.82. The zero-order valence-electron chi connectivity index (χ0n) is 10.5. The molecular formula is C15H22N2. The summed E-state index contributed by atoms with van der Waals surface area (Å²) in [6.45, 7) is 2.16. The Bertz CT molecular complexity index is 402. The number of hydrogen-bond acceptors (Lipinski definition) is 2. The lowest BCUT2D eigenvalue weighted by molar-refractivity contribution is 0.250. The van der Waals surface area contributed by atoms with E-state index in [0.717, 1.165) is 12.8 Å². The number of hydrogen-bond donors (Lipinski definition) is 2. The van der Waals surface area contributed by atoms with Crippen molar-refractivity contribution >= 4 is 0 Å². The summed E-state index contributed by atoms with van der Waals surface area (Å²) in [5.74, 6) is 0.621. The minimum atomic E-state index is 0.384. The molecule has 0 amide bonds. The molecule has 92 valence electrons. The second-order valence-corrected chi connectivity index (χ2v) is 5.80. The summed E-state index contributed by atoms with van der Waals surface area (Å²) in [6.07, 6.45) is 4.93. The van der Waals surface area contributed by atoms with Crippen LogP contribution >= 0.6 is 0 Å². The molecule has 2 aliphatic rings. The van der Waals surface area contributed by atoms with E-state index >= 15 is 0 Å². The Labute approximate surface area is 104 Å². The van der Waals surface area contributed by atoms with Gasteiger partial charge in [0.15, 0.2) is 0 Å². The molecule has 4 unspecified atom stereocenters. The van der Waals surface area contributed by atoms with Gasteiger partial charge in [0.2, 0.25) is 0 Å². The molecule has 2 saturated heterocycles. The summed E-state index contributed by atoms with van der Waals surface area (Å²) in [5, 5.41) is 3.73. The van der Waals surface area contributed by atoms with Crippen LogP contribution in [0.15, 0.2) is 24.3 Å². The topological polar surface area (TPSA) is 38.0 Å². The number of fused-ring (bicyclic) bond motifs is 2. The third kappa shape index (κ3) is 2.24. The van der Waals surface area contributed by atoms with Gasteiger partial charge in [0, 0.05) is 18.1 Å². The fourth-order valence-electron chi connectivity index (χ4n) is 3.58. The van der Waals surface area contributed by atoms with Crippen LogP contribution in [0.25, 0.3) is 0 Å². The number of nitrogens with two attached hydrogens (primary N) is 1. The molecule has 2 aliphatic heterocycles. The molecule has 1 aromatic rings. The van der Waals surface area contributed by atoms with Crippen molar-refractivity contribution in [3.8, 4) is 0 Å². The molecule has 2 heteroatoms. The molecule has 1 aromatic carbocycles. The van der Waals surface area contributed by atoms with Crippen molar-refractivity contribution in [2.75, 3.05) is 0 Å². The van der Waals surface area contributed by atoms with Crippen LogP contribution in [0.4, 0.5) is 0 Å². The Morgan fingerprint density at radius 2 is 2.24 bits per heavy atom. The van der Waals surface area contributed by atoms with Crippen molar-refractivity contribution < 1.29 is 0 Å². The maximum Gasteiger partial charge on any atom is 0.0116 e. The van der Waals surface area contributed by atoms with Crippen molar-refractivity contribution in [3.63, 3.8) is 0 Å². The van der Waals surface area contributed by atoms with Crippen LogP contribution < -0.4 is 11.1 Å². The molecule has 2 heterocycles. The van der Waals surface area contributed by atoms with Crippen LogP contribution in [0, 0.1) is 12.8 Å².